The normalized spacial score (nSPS) is 13.5. The third-order valence-corrected chi connectivity index (χ3v) is 12.6. The highest BCUT2D eigenvalue weighted by atomic mass is 79.9. The molecule has 0 radical (unpaired) electrons. The number of rotatable bonds is 2. The summed E-state index contributed by atoms with van der Waals surface area (Å²) in [6.45, 7) is 16.9. The fraction of sp³-hybridized carbons (Fsp3) is 0.583. The molecule has 0 N–H and O–H groups in total. The summed E-state index contributed by atoms with van der Waals surface area (Å²) in [6.07, 6.45) is 0. The molecular weight excluding hydrogens is 311 g/mol. The zero-order chi connectivity index (χ0) is 12.7. The van der Waals surface area contributed by atoms with Gasteiger partial charge >= 0.3 is 0 Å². The molecule has 0 aliphatic carbocycles. The van der Waals surface area contributed by atoms with Crippen molar-refractivity contribution < 1.29 is 0 Å². The Kier molecular flexibility index (Phi) is 4.28. The van der Waals surface area contributed by atoms with Gasteiger partial charge in [-0.25, -0.2) is 0 Å². The average molecular weight is 333 g/mol. The summed E-state index contributed by atoms with van der Waals surface area (Å²) < 4.78 is 1.32. The van der Waals surface area contributed by atoms with Crippen LogP contribution in [0.3, 0.4) is 0 Å². The Morgan fingerprint density at radius 2 is 1.50 bits per heavy atom. The number of hydrogen-bond acceptors (Lipinski definition) is 0. The second-order valence-corrected chi connectivity index (χ2v) is 19.4. The largest absolute Gasteiger partial charge is 0.0838 e. The summed E-state index contributed by atoms with van der Waals surface area (Å²) >= 11 is 3.74. The first-order chi connectivity index (χ1) is 7.03. The maximum atomic E-state index is 3.74. The van der Waals surface area contributed by atoms with E-state index < -0.39 is 16.1 Å². The first-order valence-corrected chi connectivity index (χ1v) is 14.4. The van der Waals surface area contributed by atoms with Gasteiger partial charge in [-0.05, 0) is 28.4 Å². The Morgan fingerprint density at radius 3 is 1.88 bits per heavy atom. The molecule has 90 valence electrons. The SMILES string of the molecule is Cc1c(Br)cc([Si](C)(C)C)pc1[Si](C)(C)C. The van der Waals surface area contributed by atoms with Crippen LogP contribution in [0.1, 0.15) is 5.56 Å². The van der Waals surface area contributed by atoms with E-state index >= 15 is 0 Å². The van der Waals surface area contributed by atoms with Gasteiger partial charge in [0.2, 0.25) is 0 Å². The van der Waals surface area contributed by atoms with Gasteiger partial charge in [0.05, 0.1) is 16.1 Å². The average Bonchev–Trinajstić information content (AvgIpc) is 2.05. The van der Waals surface area contributed by atoms with Crippen molar-refractivity contribution in [2.75, 3.05) is 0 Å². The van der Waals surface area contributed by atoms with Crippen LogP contribution in [0.25, 0.3) is 0 Å². The highest BCUT2D eigenvalue weighted by Gasteiger charge is 2.25. The Hall–Kier alpha value is 0.564. The van der Waals surface area contributed by atoms with Crippen LogP contribution in [0.4, 0.5) is 0 Å². The summed E-state index contributed by atoms with van der Waals surface area (Å²) in [5.74, 6) is 0. The van der Waals surface area contributed by atoms with Crippen LogP contribution in [0.15, 0.2) is 10.5 Å². The van der Waals surface area contributed by atoms with E-state index in [9.17, 15) is 0 Å². The van der Waals surface area contributed by atoms with Crippen molar-refractivity contribution in [2.45, 2.75) is 46.2 Å². The van der Waals surface area contributed by atoms with E-state index in [1.165, 1.54) is 18.2 Å². The Bertz CT molecular complexity index is 403. The van der Waals surface area contributed by atoms with Crippen LogP contribution in [-0.2, 0) is 0 Å². The molecule has 1 aromatic rings. The summed E-state index contributed by atoms with van der Waals surface area (Å²) in [7, 11) is -0.828. The first kappa shape index (κ1) is 14.6. The van der Waals surface area contributed by atoms with Crippen molar-refractivity contribution in [1.29, 1.82) is 0 Å². The molecule has 0 aliphatic heterocycles. The van der Waals surface area contributed by atoms with E-state index in [0.717, 1.165) is 0 Å². The van der Waals surface area contributed by atoms with Gasteiger partial charge in [-0.15, -0.1) is 0 Å². The summed E-state index contributed by atoms with van der Waals surface area (Å²) in [4.78, 5) is 3.38. The van der Waals surface area contributed by atoms with Crippen LogP contribution < -0.4 is 9.84 Å². The van der Waals surface area contributed by atoms with Gasteiger partial charge in [-0.1, -0.05) is 63.4 Å². The lowest BCUT2D eigenvalue weighted by atomic mass is 10.4. The van der Waals surface area contributed by atoms with Crippen molar-refractivity contribution in [2.24, 2.45) is 0 Å². The smallest absolute Gasteiger partial charge is 0.0781 e. The zero-order valence-corrected chi connectivity index (χ0v) is 15.9. The third-order valence-electron chi connectivity index (χ3n) is 2.69. The zero-order valence-electron chi connectivity index (χ0n) is 11.4. The van der Waals surface area contributed by atoms with Gasteiger partial charge in [-0.3, -0.25) is 0 Å². The lowest BCUT2D eigenvalue weighted by molar-refractivity contribution is 1.50. The lowest BCUT2D eigenvalue weighted by Crippen LogP contribution is -2.42. The monoisotopic (exact) mass is 332 g/mol. The minimum Gasteiger partial charge on any atom is -0.0781 e. The van der Waals surface area contributed by atoms with E-state index in [1.807, 2.05) is 0 Å². The van der Waals surface area contributed by atoms with Crippen LogP contribution in [0.2, 0.25) is 39.3 Å². The summed E-state index contributed by atoms with van der Waals surface area (Å²) in [5, 5.41) is 0. The summed E-state index contributed by atoms with van der Waals surface area (Å²) in [5.41, 5.74) is 1.49. The maximum absolute atomic E-state index is 3.74. The molecule has 0 aromatic carbocycles. The minimum absolute atomic E-state index is 1.16. The van der Waals surface area contributed by atoms with E-state index in [0.29, 0.717) is 0 Å². The van der Waals surface area contributed by atoms with Gasteiger partial charge in [0.1, 0.15) is 0 Å². The molecule has 1 heterocycles. The van der Waals surface area contributed by atoms with Crippen LogP contribution in [0.5, 0.6) is 0 Å². The molecule has 0 saturated heterocycles. The lowest BCUT2D eigenvalue weighted by Gasteiger charge is -2.24. The summed E-state index contributed by atoms with van der Waals surface area (Å²) in [6, 6.07) is 2.38. The molecule has 0 amide bonds. The van der Waals surface area contributed by atoms with Crippen molar-refractivity contribution in [3.05, 3.63) is 16.1 Å². The van der Waals surface area contributed by atoms with Crippen LogP contribution in [0, 0.1) is 6.92 Å². The van der Waals surface area contributed by atoms with Gasteiger partial charge in [0, 0.05) is 4.47 Å². The predicted molar refractivity (Wildman–Crippen MR) is 87.4 cm³/mol. The topological polar surface area (TPSA) is 0 Å². The van der Waals surface area contributed by atoms with Gasteiger partial charge < -0.3 is 0 Å². The minimum atomic E-state index is -1.18. The number of hydrogen-bond donors (Lipinski definition) is 0. The molecule has 0 nitrogen and oxygen atoms in total. The molecule has 16 heavy (non-hydrogen) atoms. The standard InChI is InChI=1S/C12H22BrPSi2/c1-9-10(13)8-11(15(2,3)4)14-12(9)16(5,6)7/h8H,1-7H3. The maximum Gasteiger partial charge on any atom is 0.0838 e. The molecule has 0 saturated carbocycles. The molecule has 0 atom stereocenters. The van der Waals surface area contributed by atoms with Gasteiger partial charge in [0.25, 0.3) is 0 Å². The number of halogens is 1. The van der Waals surface area contributed by atoms with Crippen LogP contribution in [-0.4, -0.2) is 16.1 Å². The van der Waals surface area contributed by atoms with Crippen molar-refractivity contribution in [1.82, 2.24) is 0 Å². The molecule has 1 rings (SSSR count). The van der Waals surface area contributed by atoms with E-state index in [-0.39, 0.29) is 0 Å². The van der Waals surface area contributed by atoms with E-state index in [4.69, 9.17) is 0 Å². The second kappa shape index (κ2) is 4.68. The molecule has 0 bridgehead atoms. The van der Waals surface area contributed by atoms with E-state index in [2.05, 4.69) is 68.2 Å². The molecular formula is C12H22BrPSi2. The Morgan fingerprint density at radius 1 is 1.00 bits per heavy atom. The molecule has 0 aliphatic rings. The molecule has 0 spiro atoms. The first-order valence-electron chi connectivity index (χ1n) is 5.71. The fourth-order valence-corrected chi connectivity index (χ4v) is 9.12. The second-order valence-electron chi connectivity index (χ2n) is 6.46. The van der Waals surface area contributed by atoms with Crippen molar-refractivity contribution >= 4 is 50.1 Å². The highest BCUT2D eigenvalue weighted by Crippen LogP contribution is 2.23. The molecule has 0 unspecified atom stereocenters. The van der Waals surface area contributed by atoms with Crippen molar-refractivity contribution in [3.63, 3.8) is 0 Å². The molecule has 4 heteroatoms. The molecule has 1 aromatic heterocycles. The Labute approximate surface area is 112 Å². The highest BCUT2D eigenvalue weighted by molar-refractivity contribution is 9.10. The van der Waals surface area contributed by atoms with Crippen molar-refractivity contribution in [3.8, 4) is 0 Å². The predicted octanol–water partition coefficient (Wildman–Crippen LogP) is 4.43. The van der Waals surface area contributed by atoms with E-state index in [1.54, 1.807) is 9.84 Å². The third kappa shape index (κ3) is 3.28. The Balaban J connectivity index is 3.46. The fourth-order valence-electron chi connectivity index (χ4n) is 1.69. The van der Waals surface area contributed by atoms with Crippen LogP contribution >= 0.6 is 24.1 Å². The van der Waals surface area contributed by atoms with Gasteiger partial charge in [-0.2, -0.15) is 0 Å². The molecule has 0 fully saturated rings. The quantitative estimate of drug-likeness (QED) is 0.703. The van der Waals surface area contributed by atoms with Gasteiger partial charge in [0.15, 0.2) is 0 Å².